The van der Waals surface area contributed by atoms with Gasteiger partial charge in [0.1, 0.15) is 17.7 Å². The van der Waals surface area contributed by atoms with Crippen molar-refractivity contribution in [3.63, 3.8) is 0 Å². The number of hydrogen-bond donors (Lipinski definition) is 2. The van der Waals surface area contributed by atoms with Gasteiger partial charge in [-0.3, -0.25) is 0 Å². The van der Waals surface area contributed by atoms with Gasteiger partial charge in [-0.2, -0.15) is 0 Å². The number of pyridine rings is 1. The number of anilines is 1. The van der Waals surface area contributed by atoms with Gasteiger partial charge in [-0.1, -0.05) is 0 Å². The maximum atomic E-state index is 11.1. The van der Waals surface area contributed by atoms with Gasteiger partial charge in [-0.05, 0) is 48.9 Å². The molecule has 2 heterocycles. The minimum Gasteiger partial charge on any atom is -0.488 e. The first-order chi connectivity index (χ1) is 10.5. The third-order valence-corrected chi connectivity index (χ3v) is 4.03. The first-order valence-corrected chi connectivity index (χ1v) is 7.34. The van der Waals surface area contributed by atoms with Crippen molar-refractivity contribution in [2.24, 2.45) is 0 Å². The largest absolute Gasteiger partial charge is 0.488 e. The summed E-state index contributed by atoms with van der Waals surface area (Å²) in [5.41, 5.74) is 6.86. The number of nitrogens with two attached hydrogens (primary N) is 1. The first kappa shape index (κ1) is 14.4. The van der Waals surface area contributed by atoms with Crippen molar-refractivity contribution in [1.29, 1.82) is 0 Å². The van der Waals surface area contributed by atoms with Crippen LogP contribution in [0, 0.1) is 6.92 Å². The zero-order chi connectivity index (χ0) is 15.7. The van der Waals surface area contributed by atoms with Crippen molar-refractivity contribution in [3.05, 3.63) is 30.0 Å². The van der Waals surface area contributed by atoms with E-state index in [0.717, 1.165) is 34.9 Å². The number of nitrogen functional groups attached to an aromatic ring is 1. The number of carboxylic acid groups (broad SMARTS) is 1. The fourth-order valence-corrected chi connectivity index (χ4v) is 2.85. The highest BCUT2D eigenvalue weighted by Gasteiger charge is 2.24. The Bertz CT molecular complexity index is 717. The summed E-state index contributed by atoms with van der Waals surface area (Å²) in [4.78, 5) is 16.6. The monoisotopic (exact) mass is 301 g/mol. The number of carbonyl (C=O) groups is 1. The molecule has 3 rings (SSSR count). The number of amides is 1. The van der Waals surface area contributed by atoms with E-state index in [0.29, 0.717) is 18.9 Å². The summed E-state index contributed by atoms with van der Waals surface area (Å²) in [6.07, 6.45) is 2.35. The van der Waals surface area contributed by atoms with Gasteiger partial charge >= 0.3 is 6.09 Å². The van der Waals surface area contributed by atoms with E-state index in [1.165, 1.54) is 4.90 Å². The van der Waals surface area contributed by atoms with E-state index >= 15 is 0 Å². The Labute approximate surface area is 128 Å². The van der Waals surface area contributed by atoms with Gasteiger partial charge in [0.15, 0.2) is 0 Å². The lowest BCUT2D eigenvalue weighted by molar-refractivity contribution is 0.0789. The van der Waals surface area contributed by atoms with E-state index in [1.807, 2.05) is 25.1 Å². The number of hydrogen-bond acceptors (Lipinski definition) is 4. The third kappa shape index (κ3) is 2.77. The van der Waals surface area contributed by atoms with Crippen LogP contribution in [0.3, 0.4) is 0 Å². The molecule has 0 saturated carbocycles. The topological polar surface area (TPSA) is 88.7 Å². The lowest BCUT2D eigenvalue weighted by Gasteiger charge is -2.31. The summed E-state index contributed by atoms with van der Waals surface area (Å²) >= 11 is 0. The molecule has 6 nitrogen and oxygen atoms in total. The zero-order valence-corrected chi connectivity index (χ0v) is 12.5. The van der Waals surface area contributed by atoms with Gasteiger partial charge in [0.05, 0.1) is 6.54 Å². The lowest BCUT2D eigenvalue weighted by Crippen LogP contribution is -2.43. The van der Waals surface area contributed by atoms with Gasteiger partial charge in [0.2, 0.25) is 0 Å². The van der Waals surface area contributed by atoms with Crippen LogP contribution < -0.4 is 10.5 Å². The Morgan fingerprint density at radius 2 is 2.32 bits per heavy atom. The second kappa shape index (κ2) is 5.71. The fourth-order valence-electron chi connectivity index (χ4n) is 2.85. The summed E-state index contributed by atoms with van der Waals surface area (Å²) in [5, 5.41) is 11.0. The maximum Gasteiger partial charge on any atom is 0.407 e. The van der Waals surface area contributed by atoms with Crippen LogP contribution >= 0.6 is 0 Å². The van der Waals surface area contributed by atoms with E-state index in [2.05, 4.69) is 4.98 Å². The fraction of sp³-hybridized carbons (Fsp3) is 0.375. The highest BCUT2D eigenvalue weighted by atomic mass is 16.5. The van der Waals surface area contributed by atoms with Crippen molar-refractivity contribution >= 4 is 22.7 Å². The number of aryl methyl sites for hydroxylation is 1. The number of fused-ring (bicyclic) bond motifs is 1. The Kier molecular flexibility index (Phi) is 3.75. The SMILES string of the molecule is Cc1cc2c(N)nccc2cc1OC1CCCN(C(=O)O)C1. The lowest BCUT2D eigenvalue weighted by atomic mass is 10.1. The van der Waals surface area contributed by atoms with E-state index in [1.54, 1.807) is 6.20 Å². The molecule has 3 N–H and O–H groups in total. The van der Waals surface area contributed by atoms with Crippen LogP contribution in [0.5, 0.6) is 5.75 Å². The summed E-state index contributed by atoms with van der Waals surface area (Å²) in [6.45, 7) is 2.94. The average Bonchev–Trinajstić information content (AvgIpc) is 2.49. The minimum absolute atomic E-state index is 0.111. The molecule has 1 aliphatic heterocycles. The number of benzene rings is 1. The molecule has 1 atom stereocenters. The van der Waals surface area contributed by atoms with Crippen LogP contribution in [0.4, 0.5) is 10.6 Å². The van der Waals surface area contributed by atoms with Crippen LogP contribution in [0.1, 0.15) is 18.4 Å². The maximum absolute atomic E-state index is 11.1. The molecule has 0 spiro atoms. The standard InChI is InChI=1S/C16H19N3O3/c1-10-7-13-11(4-5-18-15(13)17)8-14(10)22-12-3-2-6-19(9-12)16(20)21/h4-5,7-8,12H,2-3,6,9H2,1H3,(H2,17,18)(H,20,21). The van der Waals surface area contributed by atoms with Crippen LogP contribution in [0.2, 0.25) is 0 Å². The van der Waals surface area contributed by atoms with Crippen molar-refractivity contribution in [3.8, 4) is 5.75 Å². The Morgan fingerprint density at radius 1 is 1.50 bits per heavy atom. The summed E-state index contributed by atoms with van der Waals surface area (Å²) in [6, 6.07) is 5.80. The molecule has 116 valence electrons. The summed E-state index contributed by atoms with van der Waals surface area (Å²) < 4.78 is 6.05. The van der Waals surface area contributed by atoms with Gasteiger partial charge in [-0.15, -0.1) is 0 Å². The number of rotatable bonds is 2. The number of piperidine rings is 1. The summed E-state index contributed by atoms with van der Waals surface area (Å²) in [7, 11) is 0. The second-order valence-electron chi connectivity index (χ2n) is 5.65. The normalized spacial score (nSPS) is 18.4. The molecule has 2 aromatic rings. The molecule has 1 aromatic carbocycles. The molecule has 1 unspecified atom stereocenters. The number of likely N-dealkylation sites (tertiary alicyclic amines) is 1. The molecule has 1 fully saturated rings. The first-order valence-electron chi connectivity index (χ1n) is 7.34. The number of nitrogens with zero attached hydrogens (tertiary/aromatic N) is 2. The highest BCUT2D eigenvalue weighted by molar-refractivity contribution is 5.92. The molecule has 1 saturated heterocycles. The Morgan fingerprint density at radius 3 is 3.09 bits per heavy atom. The molecule has 6 heteroatoms. The van der Waals surface area contributed by atoms with Crippen LogP contribution in [-0.2, 0) is 0 Å². The van der Waals surface area contributed by atoms with Gasteiger partial charge in [0, 0.05) is 18.1 Å². The quantitative estimate of drug-likeness (QED) is 0.890. The van der Waals surface area contributed by atoms with Crippen molar-refractivity contribution in [2.45, 2.75) is 25.9 Å². The predicted octanol–water partition coefficient (Wildman–Crippen LogP) is 2.65. The smallest absolute Gasteiger partial charge is 0.407 e. The van der Waals surface area contributed by atoms with Crippen molar-refractivity contribution in [2.75, 3.05) is 18.8 Å². The Balaban J connectivity index is 1.84. The third-order valence-electron chi connectivity index (χ3n) is 4.03. The van der Waals surface area contributed by atoms with Crippen molar-refractivity contribution < 1.29 is 14.6 Å². The molecule has 0 radical (unpaired) electrons. The van der Waals surface area contributed by atoms with E-state index in [4.69, 9.17) is 15.6 Å². The molecule has 0 aliphatic carbocycles. The molecule has 1 amide bonds. The molecule has 22 heavy (non-hydrogen) atoms. The molecule has 1 aliphatic rings. The number of aromatic nitrogens is 1. The zero-order valence-electron chi connectivity index (χ0n) is 12.5. The molecular weight excluding hydrogens is 282 g/mol. The van der Waals surface area contributed by atoms with E-state index < -0.39 is 6.09 Å². The molecule has 0 bridgehead atoms. The minimum atomic E-state index is -0.887. The Hall–Kier alpha value is -2.50. The highest BCUT2D eigenvalue weighted by Crippen LogP contribution is 2.29. The second-order valence-corrected chi connectivity index (χ2v) is 5.65. The van der Waals surface area contributed by atoms with Crippen LogP contribution in [-0.4, -0.2) is 40.3 Å². The van der Waals surface area contributed by atoms with Gasteiger partial charge in [-0.25, -0.2) is 9.78 Å². The van der Waals surface area contributed by atoms with Gasteiger partial charge < -0.3 is 20.5 Å². The van der Waals surface area contributed by atoms with Crippen LogP contribution in [0.25, 0.3) is 10.8 Å². The van der Waals surface area contributed by atoms with Crippen LogP contribution in [0.15, 0.2) is 24.4 Å². The predicted molar refractivity (Wildman–Crippen MR) is 84.1 cm³/mol. The van der Waals surface area contributed by atoms with Gasteiger partial charge in [0.25, 0.3) is 0 Å². The summed E-state index contributed by atoms with van der Waals surface area (Å²) in [5.74, 6) is 1.28. The molecule has 1 aromatic heterocycles. The van der Waals surface area contributed by atoms with E-state index in [9.17, 15) is 4.79 Å². The number of ether oxygens (including phenoxy) is 1. The average molecular weight is 301 g/mol. The van der Waals surface area contributed by atoms with E-state index in [-0.39, 0.29) is 6.10 Å². The molecular formula is C16H19N3O3. The van der Waals surface area contributed by atoms with Crippen molar-refractivity contribution in [1.82, 2.24) is 9.88 Å².